The number of carboxylic acid groups (broad SMARTS) is 1. The summed E-state index contributed by atoms with van der Waals surface area (Å²) in [5, 5.41) is 21.5. The first-order valence-corrected chi connectivity index (χ1v) is 9.49. The molecule has 11 heteroatoms. The van der Waals surface area contributed by atoms with Gasteiger partial charge in [-0.1, -0.05) is 12.1 Å². The first kappa shape index (κ1) is 19.7. The van der Waals surface area contributed by atoms with Gasteiger partial charge >= 0.3 is 12.4 Å². The van der Waals surface area contributed by atoms with Crippen LogP contribution in [-0.2, 0) is 17.8 Å². The third kappa shape index (κ3) is 3.65. The van der Waals surface area contributed by atoms with E-state index < -0.39 is 18.3 Å². The lowest BCUT2D eigenvalue weighted by atomic mass is 10.0. The van der Waals surface area contributed by atoms with Crippen molar-refractivity contribution in [1.29, 1.82) is 5.26 Å². The van der Waals surface area contributed by atoms with Crippen LogP contribution in [0.15, 0.2) is 24.3 Å². The van der Waals surface area contributed by atoms with Crippen molar-refractivity contribution in [2.24, 2.45) is 0 Å². The number of hydrogen-bond acceptors (Lipinski definition) is 6. The molecule has 8 nitrogen and oxygen atoms in total. The number of halogens is 2. The molecule has 154 valence electrons. The number of amides is 2. The Bertz CT molecular complexity index is 1120. The van der Waals surface area contributed by atoms with Gasteiger partial charge in [-0.15, -0.1) is 20.1 Å². The summed E-state index contributed by atoms with van der Waals surface area (Å²) in [5.41, 5.74) is 1.26. The fourth-order valence-corrected chi connectivity index (χ4v) is 4.43. The van der Waals surface area contributed by atoms with Gasteiger partial charge in [0, 0.05) is 23.1 Å². The van der Waals surface area contributed by atoms with E-state index in [0.717, 1.165) is 23.0 Å². The largest absolute Gasteiger partial charge is 0.586 e. The number of benzene rings is 1. The van der Waals surface area contributed by atoms with E-state index in [0.29, 0.717) is 21.9 Å². The fourth-order valence-electron chi connectivity index (χ4n) is 3.21. The highest BCUT2D eigenvalue weighted by molar-refractivity contribution is 7.16. The number of nitrogens with one attached hydrogen (secondary N) is 1. The van der Waals surface area contributed by atoms with Crippen LogP contribution in [0.25, 0.3) is 6.08 Å². The monoisotopic (exact) mass is 433 g/mol. The molecular formula is C19H13F2N3O5S. The van der Waals surface area contributed by atoms with E-state index in [1.165, 1.54) is 29.2 Å². The van der Waals surface area contributed by atoms with Crippen LogP contribution in [0.3, 0.4) is 0 Å². The third-order valence-electron chi connectivity index (χ3n) is 4.55. The normalized spacial score (nSPS) is 16.2. The number of fused-ring (bicyclic) bond motifs is 2. The molecule has 0 radical (unpaired) electrons. The van der Waals surface area contributed by atoms with E-state index in [1.807, 2.05) is 0 Å². The van der Waals surface area contributed by atoms with Gasteiger partial charge in [-0.25, -0.2) is 4.79 Å². The van der Waals surface area contributed by atoms with Gasteiger partial charge in [-0.05, 0) is 24.1 Å². The highest BCUT2D eigenvalue weighted by Crippen LogP contribution is 2.43. The maximum absolute atomic E-state index is 13.3. The van der Waals surface area contributed by atoms with Crippen molar-refractivity contribution in [2.75, 3.05) is 11.9 Å². The summed E-state index contributed by atoms with van der Waals surface area (Å²) in [6.07, 6.45) is -2.01. The average molecular weight is 433 g/mol. The minimum absolute atomic E-state index is 0.136. The molecule has 2 N–H and O–H groups in total. The molecule has 30 heavy (non-hydrogen) atoms. The first-order valence-electron chi connectivity index (χ1n) is 8.68. The van der Waals surface area contributed by atoms with E-state index in [9.17, 15) is 23.6 Å². The molecule has 0 atom stereocenters. The van der Waals surface area contributed by atoms with Crippen molar-refractivity contribution >= 4 is 34.4 Å². The van der Waals surface area contributed by atoms with Crippen LogP contribution in [0.1, 0.15) is 21.6 Å². The van der Waals surface area contributed by atoms with Crippen LogP contribution in [0.2, 0.25) is 0 Å². The number of nitrogens with zero attached hydrogens (tertiary/aromatic N) is 2. The van der Waals surface area contributed by atoms with Crippen LogP contribution in [0.4, 0.5) is 18.6 Å². The van der Waals surface area contributed by atoms with Gasteiger partial charge in [-0.2, -0.15) is 5.26 Å². The Hall–Kier alpha value is -3.65. The highest BCUT2D eigenvalue weighted by Gasteiger charge is 2.44. The Balaban J connectivity index is 1.52. The Kier molecular flexibility index (Phi) is 4.79. The number of nitriles is 1. The van der Waals surface area contributed by atoms with Gasteiger partial charge in [0.15, 0.2) is 11.5 Å². The number of anilines is 1. The summed E-state index contributed by atoms with van der Waals surface area (Å²) in [4.78, 5) is 25.4. The molecule has 0 unspecified atom stereocenters. The second-order valence-corrected chi connectivity index (χ2v) is 7.54. The molecule has 0 aliphatic carbocycles. The summed E-state index contributed by atoms with van der Waals surface area (Å²) in [7, 11) is 0. The number of hydrogen-bond donors (Lipinski definition) is 2. The Morgan fingerprint density at radius 2 is 2.17 bits per heavy atom. The highest BCUT2D eigenvalue weighted by atomic mass is 32.1. The number of alkyl halides is 2. The van der Waals surface area contributed by atoms with Crippen LogP contribution < -0.4 is 14.8 Å². The maximum atomic E-state index is 13.3. The molecular weight excluding hydrogens is 420 g/mol. The zero-order valence-corrected chi connectivity index (χ0v) is 16.0. The van der Waals surface area contributed by atoms with E-state index in [4.69, 9.17) is 5.11 Å². The molecule has 0 spiro atoms. The zero-order chi connectivity index (χ0) is 21.5. The first-order chi connectivity index (χ1) is 14.3. The zero-order valence-electron chi connectivity index (χ0n) is 15.1. The van der Waals surface area contributed by atoms with Gasteiger partial charge in [0.2, 0.25) is 5.91 Å². The molecule has 2 aliphatic rings. The smallest absolute Gasteiger partial charge is 0.465 e. The Morgan fingerprint density at radius 3 is 2.90 bits per heavy atom. The van der Waals surface area contributed by atoms with Crippen LogP contribution in [-0.4, -0.2) is 34.8 Å². The molecule has 2 aromatic rings. The van der Waals surface area contributed by atoms with E-state index in [2.05, 4.69) is 20.9 Å². The van der Waals surface area contributed by atoms with Gasteiger partial charge in [0.05, 0.1) is 12.1 Å². The van der Waals surface area contributed by atoms with Gasteiger partial charge in [0.1, 0.15) is 11.1 Å². The van der Waals surface area contributed by atoms with Crippen molar-refractivity contribution in [3.05, 3.63) is 45.8 Å². The summed E-state index contributed by atoms with van der Waals surface area (Å²) in [6.45, 7) is 0.421. The number of carbonyl (C=O) groups excluding carboxylic acids is 1. The summed E-state index contributed by atoms with van der Waals surface area (Å²) in [5.74, 6) is -0.892. The van der Waals surface area contributed by atoms with Gasteiger partial charge in [-0.3, -0.25) is 4.79 Å². The molecule has 0 saturated carbocycles. The number of rotatable bonds is 3. The number of para-hydroxylation sites is 1. The lowest BCUT2D eigenvalue weighted by Crippen LogP contribution is -2.34. The predicted octanol–water partition coefficient (Wildman–Crippen LogP) is 3.63. The van der Waals surface area contributed by atoms with E-state index >= 15 is 0 Å². The number of ether oxygens (including phenoxy) is 2. The second-order valence-electron chi connectivity index (χ2n) is 6.44. The van der Waals surface area contributed by atoms with Crippen LogP contribution in [0, 0.1) is 11.3 Å². The standard InChI is InChI=1S/C19H13F2N3O5S/c20-19(21)28-13-3-1-2-10(16(13)29-19)4-5-15(25)23-17-12(8-22)11-6-7-24(18(26)27)9-14(11)30-17/h1-5H,6-7,9H2,(H,23,25)(H,26,27). The average Bonchev–Trinajstić information content (AvgIpc) is 3.20. The second kappa shape index (κ2) is 7.31. The summed E-state index contributed by atoms with van der Waals surface area (Å²) in [6, 6.07) is 6.35. The fraction of sp³-hybridized carbons (Fsp3) is 0.211. The minimum Gasteiger partial charge on any atom is -0.465 e. The predicted molar refractivity (Wildman–Crippen MR) is 101 cm³/mol. The van der Waals surface area contributed by atoms with E-state index in [-0.39, 0.29) is 30.2 Å². The molecule has 2 amide bonds. The maximum Gasteiger partial charge on any atom is 0.586 e. The Labute approximate surface area is 172 Å². The molecule has 2 aliphatic heterocycles. The lowest BCUT2D eigenvalue weighted by Gasteiger charge is -2.23. The molecule has 0 bridgehead atoms. The molecule has 1 aromatic carbocycles. The third-order valence-corrected chi connectivity index (χ3v) is 5.68. The quantitative estimate of drug-likeness (QED) is 0.715. The molecule has 0 fully saturated rings. The van der Waals surface area contributed by atoms with Crippen molar-refractivity contribution < 1.29 is 33.0 Å². The van der Waals surface area contributed by atoms with Crippen molar-refractivity contribution in [3.63, 3.8) is 0 Å². The SMILES string of the molecule is N#Cc1c(NC(=O)C=Cc2cccc3c2OC(F)(F)O3)sc2c1CCN(C(=O)O)C2. The molecule has 3 heterocycles. The lowest BCUT2D eigenvalue weighted by molar-refractivity contribution is -0.286. The Morgan fingerprint density at radius 1 is 1.37 bits per heavy atom. The van der Waals surface area contributed by atoms with Crippen LogP contribution >= 0.6 is 11.3 Å². The van der Waals surface area contributed by atoms with Crippen molar-refractivity contribution in [1.82, 2.24) is 4.90 Å². The van der Waals surface area contributed by atoms with Gasteiger partial charge < -0.3 is 24.8 Å². The summed E-state index contributed by atoms with van der Waals surface area (Å²) < 4.78 is 35.4. The number of thiophene rings is 1. The number of carbonyl (C=O) groups is 2. The topological polar surface area (TPSA) is 112 Å². The molecule has 1 aromatic heterocycles. The van der Waals surface area contributed by atoms with Crippen molar-refractivity contribution in [2.45, 2.75) is 19.3 Å². The molecule has 4 rings (SSSR count). The van der Waals surface area contributed by atoms with Crippen molar-refractivity contribution in [3.8, 4) is 17.6 Å². The van der Waals surface area contributed by atoms with Gasteiger partial charge in [0.25, 0.3) is 0 Å². The van der Waals surface area contributed by atoms with E-state index in [1.54, 1.807) is 0 Å². The summed E-state index contributed by atoms with van der Waals surface area (Å²) >= 11 is 1.14. The minimum atomic E-state index is -3.77. The molecule has 0 saturated heterocycles. The van der Waals surface area contributed by atoms with Crippen LogP contribution in [0.5, 0.6) is 11.5 Å².